The summed E-state index contributed by atoms with van der Waals surface area (Å²) in [6, 6.07) is 8.42. The van der Waals surface area contributed by atoms with Gasteiger partial charge in [-0.2, -0.15) is 5.10 Å². The summed E-state index contributed by atoms with van der Waals surface area (Å²) in [5.41, 5.74) is 2.32. The van der Waals surface area contributed by atoms with Gasteiger partial charge in [0, 0.05) is 11.9 Å². The van der Waals surface area contributed by atoms with Gasteiger partial charge in [-0.15, -0.1) is 0 Å². The normalized spacial score (nSPS) is 23.3. The molecule has 0 amide bonds. The minimum Gasteiger partial charge on any atom is -0.373 e. The molecule has 19 heavy (non-hydrogen) atoms. The smallest absolute Gasteiger partial charge is 0.0841 e. The van der Waals surface area contributed by atoms with Crippen LogP contribution >= 0.6 is 0 Å². The number of fused-ring (bicyclic) bond motifs is 1. The van der Waals surface area contributed by atoms with Gasteiger partial charge in [0.15, 0.2) is 0 Å². The predicted molar refractivity (Wildman–Crippen MR) is 76.1 cm³/mol. The average molecular weight is 259 g/mol. The van der Waals surface area contributed by atoms with Crippen LogP contribution < -0.4 is 5.32 Å². The maximum atomic E-state index is 5.91. The van der Waals surface area contributed by atoms with Gasteiger partial charge in [0.1, 0.15) is 0 Å². The third kappa shape index (κ3) is 2.51. The van der Waals surface area contributed by atoms with Crippen LogP contribution in [0, 0.1) is 0 Å². The fourth-order valence-corrected chi connectivity index (χ4v) is 2.85. The Balaban J connectivity index is 1.90. The molecule has 0 saturated carbocycles. The molecule has 2 unspecified atom stereocenters. The van der Waals surface area contributed by atoms with Gasteiger partial charge in [0.25, 0.3) is 0 Å². The van der Waals surface area contributed by atoms with E-state index in [2.05, 4.69) is 41.2 Å². The molecule has 2 aromatic rings. The van der Waals surface area contributed by atoms with Crippen LogP contribution in [0.4, 0.5) is 0 Å². The molecule has 1 aromatic heterocycles. The molecule has 102 valence electrons. The summed E-state index contributed by atoms with van der Waals surface area (Å²) in [7, 11) is 1.95. The lowest BCUT2D eigenvalue weighted by Crippen LogP contribution is -2.17. The molecule has 1 N–H and O–H groups in total. The van der Waals surface area contributed by atoms with E-state index in [1.807, 2.05) is 7.05 Å². The van der Waals surface area contributed by atoms with E-state index in [-0.39, 0.29) is 0 Å². The number of benzene rings is 1. The molecular weight excluding hydrogens is 238 g/mol. The first-order chi connectivity index (χ1) is 9.28. The van der Waals surface area contributed by atoms with Crippen LogP contribution in [0.5, 0.6) is 0 Å². The van der Waals surface area contributed by atoms with Crippen molar-refractivity contribution in [1.29, 1.82) is 0 Å². The van der Waals surface area contributed by atoms with Crippen LogP contribution in [0.2, 0.25) is 0 Å². The number of nitrogens with zero attached hydrogens (tertiary/aromatic N) is 2. The number of hydrogen-bond donors (Lipinski definition) is 1. The lowest BCUT2D eigenvalue weighted by atomic mass is 10.2. The largest absolute Gasteiger partial charge is 0.373 e. The minimum atomic E-state index is 0.306. The summed E-state index contributed by atoms with van der Waals surface area (Å²) in [6.07, 6.45) is 2.99. The van der Waals surface area contributed by atoms with Crippen molar-refractivity contribution in [2.45, 2.75) is 45.1 Å². The Kier molecular flexibility index (Phi) is 3.53. The third-order valence-corrected chi connectivity index (χ3v) is 3.78. The van der Waals surface area contributed by atoms with E-state index in [0.29, 0.717) is 12.2 Å². The quantitative estimate of drug-likeness (QED) is 0.916. The standard InChI is InChI=1S/C15H21N3O/c1-11-7-8-12(19-11)10-18-15-6-4-3-5-13(15)14(17-18)9-16-2/h3-6,11-12,16H,7-10H2,1-2H3. The maximum Gasteiger partial charge on any atom is 0.0841 e. The molecule has 1 fully saturated rings. The van der Waals surface area contributed by atoms with Gasteiger partial charge < -0.3 is 10.1 Å². The van der Waals surface area contributed by atoms with Crippen molar-refractivity contribution < 1.29 is 4.74 Å². The fourth-order valence-electron chi connectivity index (χ4n) is 2.85. The zero-order chi connectivity index (χ0) is 13.2. The van der Waals surface area contributed by atoms with Gasteiger partial charge in [-0.1, -0.05) is 18.2 Å². The molecule has 1 aliphatic heterocycles. The number of ether oxygens (including phenoxy) is 1. The monoisotopic (exact) mass is 259 g/mol. The van der Waals surface area contributed by atoms with Gasteiger partial charge in [-0.25, -0.2) is 0 Å². The van der Waals surface area contributed by atoms with E-state index in [0.717, 1.165) is 31.6 Å². The first-order valence-corrected chi connectivity index (χ1v) is 7.02. The molecule has 2 atom stereocenters. The fraction of sp³-hybridized carbons (Fsp3) is 0.533. The minimum absolute atomic E-state index is 0.306. The molecule has 0 aliphatic carbocycles. The molecule has 1 aliphatic rings. The second-order valence-electron chi connectivity index (χ2n) is 5.32. The molecule has 1 saturated heterocycles. The van der Waals surface area contributed by atoms with Crippen LogP contribution in [0.25, 0.3) is 10.9 Å². The highest BCUT2D eigenvalue weighted by Crippen LogP contribution is 2.23. The molecule has 0 bridgehead atoms. The second-order valence-corrected chi connectivity index (χ2v) is 5.32. The van der Waals surface area contributed by atoms with Gasteiger partial charge in [0.05, 0.1) is 30.0 Å². The van der Waals surface area contributed by atoms with Crippen molar-refractivity contribution in [3.8, 4) is 0 Å². The highest BCUT2D eigenvalue weighted by Gasteiger charge is 2.23. The number of hydrogen-bond acceptors (Lipinski definition) is 3. The van der Waals surface area contributed by atoms with Crippen LogP contribution in [-0.4, -0.2) is 29.0 Å². The SMILES string of the molecule is CNCc1nn(CC2CCC(C)O2)c2ccccc12. The molecule has 4 heteroatoms. The highest BCUT2D eigenvalue weighted by molar-refractivity contribution is 5.81. The molecule has 3 rings (SSSR count). The summed E-state index contributed by atoms with van der Waals surface area (Å²) in [4.78, 5) is 0. The first kappa shape index (κ1) is 12.6. The zero-order valence-corrected chi connectivity index (χ0v) is 11.6. The van der Waals surface area contributed by atoms with Gasteiger partial charge >= 0.3 is 0 Å². The van der Waals surface area contributed by atoms with Crippen LogP contribution in [0.15, 0.2) is 24.3 Å². The summed E-state index contributed by atoms with van der Waals surface area (Å²) < 4.78 is 8.01. The summed E-state index contributed by atoms with van der Waals surface area (Å²) in [5, 5.41) is 9.16. The van der Waals surface area contributed by atoms with E-state index in [1.165, 1.54) is 10.9 Å². The zero-order valence-electron chi connectivity index (χ0n) is 11.6. The van der Waals surface area contributed by atoms with Crippen LogP contribution in [-0.2, 0) is 17.8 Å². The van der Waals surface area contributed by atoms with Crippen molar-refractivity contribution in [2.75, 3.05) is 7.05 Å². The van der Waals surface area contributed by atoms with E-state index in [4.69, 9.17) is 9.84 Å². The lowest BCUT2D eigenvalue weighted by molar-refractivity contribution is 0.0444. The first-order valence-electron chi connectivity index (χ1n) is 7.02. The highest BCUT2D eigenvalue weighted by atomic mass is 16.5. The summed E-state index contributed by atoms with van der Waals surface area (Å²) in [6.45, 7) is 3.80. The number of aromatic nitrogens is 2. The van der Waals surface area contributed by atoms with Crippen molar-refractivity contribution in [3.63, 3.8) is 0 Å². The van der Waals surface area contributed by atoms with E-state index in [9.17, 15) is 0 Å². The Morgan fingerprint density at radius 3 is 2.95 bits per heavy atom. The van der Waals surface area contributed by atoms with E-state index < -0.39 is 0 Å². The summed E-state index contributed by atoms with van der Waals surface area (Å²) >= 11 is 0. The lowest BCUT2D eigenvalue weighted by Gasteiger charge is -2.11. The molecular formula is C15H21N3O. The predicted octanol–water partition coefficient (Wildman–Crippen LogP) is 2.32. The maximum absolute atomic E-state index is 5.91. The van der Waals surface area contributed by atoms with E-state index >= 15 is 0 Å². The molecule has 4 nitrogen and oxygen atoms in total. The average Bonchev–Trinajstić information content (AvgIpc) is 2.97. The number of rotatable bonds is 4. The Bertz CT molecular complexity index is 564. The van der Waals surface area contributed by atoms with Gasteiger partial charge in [-0.05, 0) is 32.9 Å². The Hall–Kier alpha value is -1.39. The molecule has 0 spiro atoms. The van der Waals surface area contributed by atoms with Crippen molar-refractivity contribution in [1.82, 2.24) is 15.1 Å². The summed E-state index contributed by atoms with van der Waals surface area (Å²) in [5.74, 6) is 0. The van der Waals surface area contributed by atoms with Crippen molar-refractivity contribution >= 4 is 10.9 Å². The molecule has 2 heterocycles. The Morgan fingerprint density at radius 1 is 1.37 bits per heavy atom. The van der Waals surface area contributed by atoms with Gasteiger partial charge in [-0.3, -0.25) is 4.68 Å². The Labute approximate surface area is 113 Å². The third-order valence-electron chi connectivity index (χ3n) is 3.78. The van der Waals surface area contributed by atoms with Crippen molar-refractivity contribution in [2.24, 2.45) is 0 Å². The Morgan fingerprint density at radius 2 is 2.21 bits per heavy atom. The molecule has 1 aromatic carbocycles. The van der Waals surface area contributed by atoms with E-state index in [1.54, 1.807) is 0 Å². The van der Waals surface area contributed by atoms with Crippen LogP contribution in [0.1, 0.15) is 25.5 Å². The second kappa shape index (κ2) is 5.31. The van der Waals surface area contributed by atoms with Crippen molar-refractivity contribution in [3.05, 3.63) is 30.0 Å². The molecule has 0 radical (unpaired) electrons. The number of nitrogens with one attached hydrogen (secondary N) is 1. The van der Waals surface area contributed by atoms with Gasteiger partial charge in [0.2, 0.25) is 0 Å². The number of para-hydroxylation sites is 1. The topological polar surface area (TPSA) is 39.1 Å². The van der Waals surface area contributed by atoms with Crippen LogP contribution in [0.3, 0.4) is 0 Å².